The lowest BCUT2D eigenvalue weighted by molar-refractivity contribution is -0.142. The highest BCUT2D eigenvalue weighted by atomic mass is 32.1. The molecule has 47 heteroatoms. The molecule has 1 rings (SSSR count). The first-order valence-corrected chi connectivity index (χ1v) is 32.3. The fourth-order valence-electron chi connectivity index (χ4n) is 9.22. The van der Waals surface area contributed by atoms with Gasteiger partial charge in [-0.2, -0.15) is 25.3 Å². The molecule has 0 saturated carbocycles. The molecule has 1 aliphatic heterocycles. The number of carboxylic acids is 4. The zero-order chi connectivity index (χ0) is 77.7. The minimum absolute atomic E-state index is 0.0677. The van der Waals surface area contributed by atoms with E-state index in [2.05, 4.69) is 83.4 Å². The molecule has 0 unspecified atom stereocenters. The molecule has 102 heavy (non-hydrogen) atoms. The lowest BCUT2D eigenvalue weighted by Gasteiger charge is -2.28. The van der Waals surface area contributed by atoms with Crippen molar-refractivity contribution in [3.8, 4) is 0 Å². The van der Waals surface area contributed by atoms with Crippen LogP contribution >= 0.6 is 25.3 Å². The molecule has 0 aromatic carbocycles. The Morgan fingerprint density at radius 1 is 0.422 bits per heavy atom. The van der Waals surface area contributed by atoms with Crippen molar-refractivity contribution < 1.29 is 121 Å². The summed E-state index contributed by atoms with van der Waals surface area (Å²) >= 11 is 7.73. The van der Waals surface area contributed by atoms with Crippen LogP contribution in [0.1, 0.15) is 103 Å². The number of nitrogens with two attached hydrogens (primary N) is 7. The van der Waals surface area contributed by atoms with Gasteiger partial charge in [-0.05, 0) is 57.8 Å². The maximum Gasteiger partial charge on any atom is 0.327 e. The number of carbonyl (C=O) groups excluding carboxylic acids is 16. The van der Waals surface area contributed by atoms with Crippen LogP contribution in [0.5, 0.6) is 0 Å². The number of likely N-dealkylation sites (tertiary alicyclic amines) is 1. The summed E-state index contributed by atoms with van der Waals surface area (Å²) in [5, 5.41) is 71.8. The minimum Gasteiger partial charge on any atom is -0.481 e. The zero-order valence-corrected chi connectivity index (χ0v) is 56.5. The van der Waals surface area contributed by atoms with Gasteiger partial charge in [0.25, 0.3) is 0 Å². The van der Waals surface area contributed by atoms with Crippen molar-refractivity contribution in [3.63, 3.8) is 0 Å². The van der Waals surface area contributed by atoms with Gasteiger partial charge >= 0.3 is 23.9 Å². The largest absolute Gasteiger partial charge is 0.481 e. The van der Waals surface area contributed by atoms with Crippen LogP contribution in [0.4, 0.5) is 0 Å². The zero-order valence-electron chi connectivity index (χ0n) is 54.7. The summed E-state index contributed by atoms with van der Waals surface area (Å²) in [7, 11) is 0. The number of primary amides is 4. The summed E-state index contributed by atoms with van der Waals surface area (Å²) < 4.78 is 0. The van der Waals surface area contributed by atoms with Gasteiger partial charge in [-0.25, -0.2) is 4.79 Å². The molecule has 1 heterocycles. The molecular formula is C55H88N20O25S2. The highest BCUT2D eigenvalue weighted by molar-refractivity contribution is 7.80. The summed E-state index contributed by atoms with van der Waals surface area (Å²) in [5.74, 6) is -26.1. The molecular weight excluding hydrogens is 1400 g/mol. The molecule has 30 N–H and O–H groups in total. The average molecular weight is 1490 g/mol. The summed E-state index contributed by atoms with van der Waals surface area (Å²) in [5.41, 5.74) is 37.8. The summed E-state index contributed by atoms with van der Waals surface area (Å²) in [6.07, 6.45) is -9.34. The molecule has 0 aliphatic carbocycles. The fourth-order valence-corrected chi connectivity index (χ4v) is 9.63. The number of aliphatic hydroxyl groups excluding tert-OH is 1. The first kappa shape index (κ1) is 89.3. The number of amides is 16. The number of hydrogen-bond acceptors (Lipinski definition) is 25. The van der Waals surface area contributed by atoms with Crippen LogP contribution in [0.25, 0.3) is 0 Å². The van der Waals surface area contributed by atoms with E-state index in [1.807, 2.05) is 5.32 Å². The Morgan fingerprint density at radius 2 is 0.784 bits per heavy atom. The predicted molar refractivity (Wildman–Crippen MR) is 352 cm³/mol. The Balaban J connectivity index is 3.46. The maximum atomic E-state index is 14.0. The Hall–Kier alpha value is -10.7. The second kappa shape index (κ2) is 45.9. The van der Waals surface area contributed by atoms with Crippen molar-refractivity contribution >= 4 is 150 Å². The van der Waals surface area contributed by atoms with Crippen LogP contribution in [0.2, 0.25) is 0 Å². The van der Waals surface area contributed by atoms with Gasteiger partial charge in [0, 0.05) is 56.7 Å². The van der Waals surface area contributed by atoms with Gasteiger partial charge in [0.2, 0.25) is 94.5 Å². The molecule has 0 spiro atoms. The molecule has 1 aliphatic rings. The molecule has 570 valence electrons. The lowest BCUT2D eigenvalue weighted by atomic mass is 10.0. The quantitative estimate of drug-likeness (QED) is 0.0116. The molecule has 0 bridgehead atoms. The third-order valence-electron chi connectivity index (χ3n) is 14.6. The van der Waals surface area contributed by atoms with Gasteiger partial charge in [0.1, 0.15) is 66.5 Å². The van der Waals surface area contributed by atoms with E-state index in [-0.39, 0.29) is 50.5 Å². The number of aliphatic imine (C=N–C) groups is 1. The van der Waals surface area contributed by atoms with Crippen LogP contribution in [0.15, 0.2) is 4.99 Å². The van der Waals surface area contributed by atoms with Gasteiger partial charge < -0.3 is 129 Å². The van der Waals surface area contributed by atoms with Crippen molar-refractivity contribution in [2.75, 3.05) is 37.7 Å². The average Bonchev–Trinajstić information content (AvgIpc) is 1.59. The molecule has 45 nitrogen and oxygen atoms in total. The second-order valence-corrected chi connectivity index (χ2v) is 23.4. The fraction of sp³-hybridized carbons (Fsp3) is 0.618. The number of carboxylic acid groups (broad SMARTS) is 4. The minimum atomic E-state index is -1.99. The van der Waals surface area contributed by atoms with E-state index in [9.17, 15) is 121 Å². The number of guanidine groups is 1. The summed E-state index contributed by atoms with van der Waals surface area (Å²) in [6, 6.07) is -21.3. The monoisotopic (exact) mass is 1490 g/mol. The van der Waals surface area contributed by atoms with Crippen LogP contribution < -0.4 is 98.6 Å². The smallest absolute Gasteiger partial charge is 0.327 e. The van der Waals surface area contributed by atoms with Crippen LogP contribution in [0, 0.1) is 0 Å². The normalized spacial score (nSPS) is 15.5. The van der Waals surface area contributed by atoms with E-state index in [1.54, 1.807) is 0 Å². The third kappa shape index (κ3) is 34.4. The molecule has 1 fully saturated rings. The number of nitrogens with one attached hydrogen (secondary N) is 11. The van der Waals surface area contributed by atoms with Gasteiger partial charge in [-0.15, -0.1) is 0 Å². The summed E-state index contributed by atoms with van der Waals surface area (Å²) in [6.45, 7) is -2.52. The molecule has 0 aromatic heterocycles. The van der Waals surface area contributed by atoms with E-state index in [0.717, 1.165) is 4.90 Å². The number of carbonyl (C=O) groups is 20. The highest BCUT2D eigenvalue weighted by Gasteiger charge is 2.40. The first-order chi connectivity index (χ1) is 47.7. The van der Waals surface area contributed by atoms with Gasteiger partial charge in [0.15, 0.2) is 5.96 Å². The van der Waals surface area contributed by atoms with Crippen LogP contribution in [-0.2, 0) is 95.9 Å². The van der Waals surface area contributed by atoms with Crippen molar-refractivity contribution in [1.82, 2.24) is 63.4 Å². The van der Waals surface area contributed by atoms with Crippen molar-refractivity contribution in [2.24, 2.45) is 45.1 Å². The number of aliphatic hydroxyl groups is 1. The van der Waals surface area contributed by atoms with E-state index >= 15 is 0 Å². The van der Waals surface area contributed by atoms with Crippen molar-refractivity contribution in [3.05, 3.63) is 0 Å². The van der Waals surface area contributed by atoms with Crippen LogP contribution in [-0.4, -0.2) is 265 Å². The standard InChI is InChI=1S/C55H88N20O25S2/c56-23(21-101)43(88)71-31(18-42(86)87)52(97)65-24(3-1-15-63-55(61)62)45(90)66-25(5-10-35(57)77)46(91)67-27(7-12-37(59)79)49(94)73-32(20-76)44(89)64-19-39(81)75-16-2-4-34(75)53(98)72-30(17-38(60)80)51(96)70-26(6-11-36(58)78)47(92)68-28(8-13-40(82)83)48(93)69-29(9-14-41(84)85)50(95)74-33(22-102)54(99)100/h23-34,76,101-102H,1-22,56H2,(H2,57,77)(H2,58,78)(H2,59,79)(H2,60,80)(H,64,89)(H,65,97)(H,66,90)(H,67,91)(H,68,92)(H,69,93)(H,70,96)(H,71,88)(H,72,98)(H,73,94)(H,74,95)(H,82,83)(H,84,85)(H,86,87)(H,99,100)(H4,61,62,63)/t23-,24-,25-,26-,27-,28-,29-,30-,31-,32-,33-,34-/m0/s1. The number of aliphatic carboxylic acids is 4. The first-order valence-electron chi connectivity index (χ1n) is 31.0. The van der Waals surface area contributed by atoms with Gasteiger partial charge in [-0.3, -0.25) is 96.1 Å². The predicted octanol–water partition coefficient (Wildman–Crippen LogP) is -12.9. The molecule has 0 aromatic rings. The van der Waals surface area contributed by atoms with Crippen LogP contribution in [0.3, 0.4) is 0 Å². The Kier molecular flexibility index (Phi) is 40.1. The third-order valence-corrected chi connectivity index (χ3v) is 15.3. The number of thiol groups is 2. The second-order valence-electron chi connectivity index (χ2n) is 22.7. The van der Waals surface area contributed by atoms with E-state index < -0.39 is 287 Å². The SMILES string of the molecule is NC(=O)CC[C@H](NC(=O)[C@H](CCC(N)=O)NC(=O)[C@H](CCCN=C(N)N)NC(=O)[C@H](CC(=O)O)NC(=O)[C@@H](N)CS)C(=O)N[C@@H](CO)C(=O)NCC(=O)N1CCC[C@H]1C(=O)N[C@@H](CC(N)=O)C(=O)N[C@@H](CCC(N)=O)C(=O)N[C@@H](CCC(=O)O)C(=O)N[C@@H](CCC(=O)O)C(=O)N[C@@H](CS)C(=O)O. The Labute approximate surface area is 590 Å². The lowest BCUT2D eigenvalue weighted by Crippen LogP contribution is -2.60. The van der Waals surface area contributed by atoms with Gasteiger partial charge in [0.05, 0.1) is 32.0 Å². The van der Waals surface area contributed by atoms with E-state index in [1.165, 1.54) is 0 Å². The van der Waals surface area contributed by atoms with E-state index in [4.69, 9.17) is 40.1 Å². The van der Waals surface area contributed by atoms with E-state index in [0.29, 0.717) is 0 Å². The van der Waals surface area contributed by atoms with Crippen molar-refractivity contribution in [1.29, 1.82) is 0 Å². The number of rotatable bonds is 50. The molecule has 16 amide bonds. The summed E-state index contributed by atoms with van der Waals surface area (Å²) in [4.78, 5) is 263. The number of hydrogen-bond donors (Lipinski definition) is 25. The Bertz CT molecular complexity index is 3130. The van der Waals surface area contributed by atoms with Crippen molar-refractivity contribution in [2.45, 2.75) is 175 Å². The molecule has 1 saturated heterocycles. The number of nitrogens with zero attached hydrogens (tertiary/aromatic N) is 2. The van der Waals surface area contributed by atoms with Gasteiger partial charge in [-0.1, -0.05) is 0 Å². The maximum absolute atomic E-state index is 14.0. The topological polar surface area (TPSA) is 773 Å². The highest BCUT2D eigenvalue weighted by Crippen LogP contribution is 2.19. The molecule has 12 atom stereocenters. The molecule has 0 radical (unpaired) electrons. The Morgan fingerprint density at radius 3 is 1.13 bits per heavy atom.